The van der Waals surface area contributed by atoms with E-state index in [1.807, 2.05) is 13.8 Å². The van der Waals surface area contributed by atoms with Gasteiger partial charge in [-0.05, 0) is 20.8 Å². The third-order valence-electron chi connectivity index (χ3n) is 2.08. The number of hydrogen-bond donors (Lipinski definition) is 1. The summed E-state index contributed by atoms with van der Waals surface area (Å²) < 4.78 is 0. The van der Waals surface area contributed by atoms with Gasteiger partial charge in [-0.2, -0.15) is 5.01 Å². The molecule has 0 aromatic heterocycles. The molecule has 0 atom stereocenters. The molecule has 0 fully saturated rings. The molecule has 0 saturated carbocycles. The standard InChI is InChI=1S/C10H15N5O2/c1-6(2)5-15-9(7(3)8(11)16)12-13-14(4)10(15)17/h5H,1-4H3,(H2,11,16). The molecule has 0 unspecified atom stereocenters. The first-order valence-corrected chi connectivity index (χ1v) is 4.99. The Labute approximate surface area is 99.2 Å². The summed E-state index contributed by atoms with van der Waals surface area (Å²) in [6, 6.07) is -0.392. The van der Waals surface area contributed by atoms with E-state index in [4.69, 9.17) is 5.73 Å². The summed E-state index contributed by atoms with van der Waals surface area (Å²) in [6.07, 6.45) is 1.58. The fraction of sp³-hybridized carbons (Fsp3) is 0.400. The van der Waals surface area contributed by atoms with Crippen LogP contribution in [0.2, 0.25) is 0 Å². The van der Waals surface area contributed by atoms with Crippen LogP contribution in [0.5, 0.6) is 0 Å². The molecule has 2 N–H and O–H groups in total. The largest absolute Gasteiger partial charge is 0.366 e. The molecular formula is C10H15N5O2. The Balaban J connectivity index is 3.32. The maximum absolute atomic E-state index is 11.9. The molecule has 0 radical (unpaired) electrons. The van der Waals surface area contributed by atoms with E-state index in [1.165, 1.54) is 18.9 Å². The molecule has 0 spiro atoms. The molecule has 17 heavy (non-hydrogen) atoms. The topological polar surface area (TPSA) is 91.4 Å². The molecule has 1 heterocycles. The summed E-state index contributed by atoms with van der Waals surface area (Å²) in [6.45, 7) is 5.16. The third kappa shape index (κ3) is 2.68. The van der Waals surface area contributed by atoms with E-state index in [1.54, 1.807) is 6.20 Å². The second-order valence-electron chi connectivity index (χ2n) is 3.88. The van der Waals surface area contributed by atoms with E-state index in [0.717, 1.165) is 10.6 Å². The second kappa shape index (κ2) is 4.77. The van der Waals surface area contributed by atoms with Gasteiger partial charge < -0.3 is 5.73 Å². The van der Waals surface area contributed by atoms with Crippen LogP contribution in [-0.4, -0.2) is 28.9 Å². The molecule has 1 aliphatic rings. The lowest BCUT2D eigenvalue weighted by Gasteiger charge is -2.26. The molecule has 1 rings (SSSR count). The predicted molar refractivity (Wildman–Crippen MR) is 61.2 cm³/mol. The maximum Gasteiger partial charge on any atom is 0.351 e. The number of hydrogen-bond acceptors (Lipinski definition) is 4. The fourth-order valence-corrected chi connectivity index (χ4v) is 1.18. The Morgan fingerprint density at radius 3 is 2.41 bits per heavy atom. The number of nitrogens with two attached hydrogens (primary N) is 1. The van der Waals surface area contributed by atoms with Gasteiger partial charge >= 0.3 is 6.03 Å². The van der Waals surface area contributed by atoms with Crippen molar-refractivity contribution in [3.63, 3.8) is 0 Å². The Kier molecular flexibility index (Phi) is 3.62. The summed E-state index contributed by atoms with van der Waals surface area (Å²) in [5, 5.41) is 8.51. The highest BCUT2D eigenvalue weighted by Crippen LogP contribution is 2.21. The van der Waals surface area contributed by atoms with E-state index in [9.17, 15) is 9.59 Å². The Morgan fingerprint density at radius 2 is 1.94 bits per heavy atom. The average Bonchev–Trinajstić information content (AvgIpc) is 2.23. The maximum atomic E-state index is 11.9. The minimum Gasteiger partial charge on any atom is -0.366 e. The zero-order valence-corrected chi connectivity index (χ0v) is 10.3. The first-order chi connectivity index (χ1) is 7.84. The summed E-state index contributed by atoms with van der Waals surface area (Å²) in [5.74, 6) is -0.481. The van der Waals surface area contributed by atoms with E-state index in [2.05, 4.69) is 10.3 Å². The highest BCUT2D eigenvalue weighted by molar-refractivity contribution is 5.93. The molecule has 92 valence electrons. The first kappa shape index (κ1) is 12.9. The summed E-state index contributed by atoms with van der Waals surface area (Å²) in [4.78, 5) is 24.2. The monoisotopic (exact) mass is 237 g/mol. The van der Waals surface area contributed by atoms with Crippen molar-refractivity contribution in [2.75, 3.05) is 7.05 Å². The quantitative estimate of drug-likeness (QED) is 0.734. The number of amides is 3. The predicted octanol–water partition coefficient (Wildman–Crippen LogP) is 1.36. The second-order valence-corrected chi connectivity index (χ2v) is 3.88. The third-order valence-corrected chi connectivity index (χ3v) is 2.08. The molecule has 0 aliphatic carbocycles. The minimum absolute atomic E-state index is 0.154. The molecule has 3 amide bonds. The number of urea groups is 1. The Bertz CT molecular complexity index is 446. The van der Waals surface area contributed by atoms with Crippen molar-refractivity contribution in [3.05, 3.63) is 23.2 Å². The van der Waals surface area contributed by atoms with Gasteiger partial charge in [0.15, 0.2) is 5.82 Å². The van der Waals surface area contributed by atoms with Gasteiger partial charge in [-0.15, -0.1) is 5.11 Å². The van der Waals surface area contributed by atoms with Gasteiger partial charge in [0.2, 0.25) is 5.91 Å². The molecular weight excluding hydrogens is 222 g/mol. The van der Waals surface area contributed by atoms with Crippen LogP contribution in [0.1, 0.15) is 20.8 Å². The fourth-order valence-electron chi connectivity index (χ4n) is 1.18. The number of carbonyl (C=O) groups excluding carboxylic acids is 2. The van der Waals surface area contributed by atoms with Gasteiger partial charge in [0, 0.05) is 13.2 Å². The van der Waals surface area contributed by atoms with Crippen LogP contribution in [0, 0.1) is 0 Å². The van der Waals surface area contributed by atoms with E-state index < -0.39 is 11.9 Å². The zero-order valence-electron chi connectivity index (χ0n) is 10.3. The van der Waals surface area contributed by atoms with Crippen molar-refractivity contribution in [1.82, 2.24) is 9.91 Å². The normalized spacial score (nSPS) is 18.2. The van der Waals surface area contributed by atoms with Gasteiger partial charge in [0.1, 0.15) is 0 Å². The highest BCUT2D eigenvalue weighted by atomic mass is 16.2. The number of rotatable bonds is 2. The summed E-state index contributed by atoms with van der Waals surface area (Å²) in [7, 11) is 1.48. The van der Waals surface area contributed by atoms with Crippen LogP contribution in [0.4, 0.5) is 4.79 Å². The van der Waals surface area contributed by atoms with E-state index in [-0.39, 0.29) is 11.4 Å². The Hall–Kier alpha value is -2.18. The number of allylic oxidation sites excluding steroid dienone is 1. The molecule has 0 bridgehead atoms. The summed E-state index contributed by atoms with van der Waals surface area (Å²) in [5.41, 5.74) is 6.24. The van der Waals surface area contributed by atoms with E-state index >= 15 is 0 Å². The number of primary amides is 1. The lowest BCUT2D eigenvalue weighted by molar-refractivity contribution is -0.114. The van der Waals surface area contributed by atoms with Crippen LogP contribution in [0.3, 0.4) is 0 Å². The molecule has 7 nitrogen and oxygen atoms in total. The molecule has 7 heteroatoms. The Morgan fingerprint density at radius 1 is 1.35 bits per heavy atom. The smallest absolute Gasteiger partial charge is 0.351 e. The van der Waals surface area contributed by atoms with Gasteiger partial charge in [-0.3, -0.25) is 4.79 Å². The molecule has 0 aromatic rings. The van der Waals surface area contributed by atoms with Crippen molar-refractivity contribution in [2.45, 2.75) is 20.8 Å². The van der Waals surface area contributed by atoms with Crippen molar-refractivity contribution >= 4 is 11.9 Å². The first-order valence-electron chi connectivity index (χ1n) is 4.99. The van der Waals surface area contributed by atoms with Crippen molar-refractivity contribution < 1.29 is 9.59 Å². The van der Waals surface area contributed by atoms with Crippen molar-refractivity contribution in [3.8, 4) is 0 Å². The lowest BCUT2D eigenvalue weighted by Crippen LogP contribution is -2.38. The molecule has 1 aliphatic heterocycles. The van der Waals surface area contributed by atoms with Crippen LogP contribution < -0.4 is 5.73 Å². The van der Waals surface area contributed by atoms with E-state index in [0.29, 0.717) is 0 Å². The van der Waals surface area contributed by atoms with Crippen LogP contribution in [-0.2, 0) is 4.79 Å². The van der Waals surface area contributed by atoms with Crippen molar-refractivity contribution in [1.29, 1.82) is 0 Å². The van der Waals surface area contributed by atoms with Crippen LogP contribution in [0.15, 0.2) is 33.5 Å². The summed E-state index contributed by atoms with van der Waals surface area (Å²) >= 11 is 0. The van der Waals surface area contributed by atoms with Gasteiger partial charge in [0.05, 0.1) is 5.57 Å². The average molecular weight is 237 g/mol. The lowest BCUT2D eigenvalue weighted by atomic mass is 10.2. The van der Waals surface area contributed by atoms with Gasteiger partial charge in [0.25, 0.3) is 0 Å². The van der Waals surface area contributed by atoms with Crippen LogP contribution in [0.25, 0.3) is 0 Å². The minimum atomic E-state index is -0.636. The number of nitrogens with zero attached hydrogens (tertiary/aromatic N) is 4. The number of carbonyl (C=O) groups is 2. The SMILES string of the molecule is CC(C)=CN1C(=O)N(C)N=NC1=C(C)C(N)=O. The zero-order chi connectivity index (χ0) is 13.2. The molecule has 0 aromatic carbocycles. The van der Waals surface area contributed by atoms with Gasteiger partial charge in [-0.25, -0.2) is 9.69 Å². The van der Waals surface area contributed by atoms with Crippen molar-refractivity contribution in [2.24, 2.45) is 16.1 Å². The van der Waals surface area contributed by atoms with Crippen LogP contribution >= 0.6 is 0 Å². The molecule has 0 saturated heterocycles. The van der Waals surface area contributed by atoms with Gasteiger partial charge in [-0.1, -0.05) is 10.8 Å². The highest BCUT2D eigenvalue weighted by Gasteiger charge is 2.27.